The number of aromatic hydroxyl groups is 1. The molecule has 4 aliphatic heterocycles. The first-order valence-corrected chi connectivity index (χ1v) is 16.5. The molecule has 4 aromatic rings. The molecule has 48 heavy (non-hydrogen) atoms. The summed E-state index contributed by atoms with van der Waals surface area (Å²) in [5.41, 5.74) is -0.282. The quantitative estimate of drug-likeness (QED) is 0.288. The molecule has 2 aromatic heterocycles. The van der Waals surface area contributed by atoms with Crippen LogP contribution in [0.1, 0.15) is 51.0 Å². The van der Waals surface area contributed by atoms with E-state index >= 15 is 4.39 Å². The van der Waals surface area contributed by atoms with E-state index < -0.39 is 11.6 Å². The van der Waals surface area contributed by atoms with E-state index in [2.05, 4.69) is 25.7 Å². The molecule has 4 fully saturated rings. The number of phenols is 1. The zero-order valence-electron chi connectivity index (χ0n) is 26.9. The summed E-state index contributed by atoms with van der Waals surface area (Å²) in [7, 11) is 1.72. The molecule has 0 aliphatic carbocycles. The number of nitrogens with zero attached hydrogens (tertiary/aromatic N) is 6. The number of hydrogen-bond donors (Lipinski definition) is 1. The molecule has 1 N–H and O–H groups in total. The van der Waals surface area contributed by atoms with Crippen molar-refractivity contribution >= 4 is 33.4 Å². The Morgan fingerprint density at radius 1 is 1.15 bits per heavy atom. The highest BCUT2D eigenvalue weighted by molar-refractivity contribution is 6.03. The average Bonchev–Trinajstić information content (AvgIpc) is 3.73. The van der Waals surface area contributed by atoms with E-state index in [4.69, 9.17) is 20.9 Å². The summed E-state index contributed by atoms with van der Waals surface area (Å²) in [5, 5.41) is 11.7. The van der Waals surface area contributed by atoms with Crippen LogP contribution in [0.25, 0.3) is 32.9 Å². The number of rotatable bonds is 6. The number of pyridine rings is 1. The molecule has 0 spiro atoms. The van der Waals surface area contributed by atoms with E-state index in [0.717, 1.165) is 45.1 Å². The van der Waals surface area contributed by atoms with Crippen LogP contribution in [0.2, 0.25) is 0 Å². The van der Waals surface area contributed by atoms with Gasteiger partial charge in [0, 0.05) is 62.9 Å². The third-order valence-electron chi connectivity index (χ3n) is 10.8. The number of hydrogen-bond acceptors (Lipinski definition) is 9. The molecule has 0 saturated carbocycles. The number of piperazine rings is 1. The minimum absolute atomic E-state index is 0.0128. The lowest BCUT2D eigenvalue weighted by atomic mass is 9.95. The second-order valence-electron chi connectivity index (χ2n) is 13.4. The van der Waals surface area contributed by atoms with Crippen LogP contribution >= 0.6 is 0 Å². The number of anilines is 1. The Kier molecular flexibility index (Phi) is 7.38. The second kappa shape index (κ2) is 11.5. The van der Waals surface area contributed by atoms with Gasteiger partial charge in [-0.15, -0.1) is 6.42 Å². The van der Waals surface area contributed by atoms with E-state index in [9.17, 15) is 14.3 Å². The number of terminal acetylenes is 1. The summed E-state index contributed by atoms with van der Waals surface area (Å²) >= 11 is 0. The zero-order valence-corrected chi connectivity index (χ0v) is 26.9. The highest BCUT2D eigenvalue weighted by Gasteiger charge is 2.50. The van der Waals surface area contributed by atoms with Gasteiger partial charge in [0.2, 0.25) is 5.91 Å². The van der Waals surface area contributed by atoms with Crippen molar-refractivity contribution in [1.82, 2.24) is 24.8 Å². The average molecular weight is 655 g/mol. The van der Waals surface area contributed by atoms with Gasteiger partial charge in [0.15, 0.2) is 5.82 Å². The molecular formula is C36H36F2N6O4. The van der Waals surface area contributed by atoms with E-state index in [1.807, 2.05) is 4.90 Å². The molecule has 12 heteroatoms. The number of carbonyl (C=O) groups excluding carboxylic acids is 1. The Hall–Kier alpha value is -4.60. The minimum Gasteiger partial charge on any atom is -0.508 e. The number of fused-ring (bicyclic) bond motifs is 5. The van der Waals surface area contributed by atoms with Gasteiger partial charge in [-0.3, -0.25) is 14.7 Å². The normalized spacial score (nSPS) is 25.2. The van der Waals surface area contributed by atoms with Gasteiger partial charge in [-0.05, 0) is 62.1 Å². The highest BCUT2D eigenvalue weighted by Crippen LogP contribution is 2.44. The minimum atomic E-state index is -0.772. The van der Waals surface area contributed by atoms with Gasteiger partial charge in [0.05, 0.1) is 16.5 Å². The number of halogens is 2. The van der Waals surface area contributed by atoms with Crippen LogP contribution < -0.4 is 9.64 Å². The molecule has 4 unspecified atom stereocenters. The molecule has 2 bridgehead atoms. The predicted octanol–water partition coefficient (Wildman–Crippen LogP) is 4.99. The van der Waals surface area contributed by atoms with Crippen LogP contribution in [0, 0.1) is 24.0 Å². The fraction of sp³-hybridized carbons (Fsp3) is 0.444. The van der Waals surface area contributed by atoms with Gasteiger partial charge in [-0.1, -0.05) is 12.0 Å². The third kappa shape index (κ3) is 4.74. The molecule has 6 heterocycles. The van der Waals surface area contributed by atoms with Crippen LogP contribution in [0.5, 0.6) is 11.8 Å². The van der Waals surface area contributed by atoms with Crippen LogP contribution in [-0.2, 0) is 9.53 Å². The van der Waals surface area contributed by atoms with Gasteiger partial charge in [0.25, 0.3) is 0 Å². The summed E-state index contributed by atoms with van der Waals surface area (Å²) in [6.45, 7) is 3.89. The van der Waals surface area contributed by atoms with Crippen LogP contribution in [-0.4, -0.2) is 93.0 Å². The van der Waals surface area contributed by atoms with Crippen molar-refractivity contribution in [3.63, 3.8) is 0 Å². The Balaban J connectivity index is 1.26. The van der Waals surface area contributed by atoms with E-state index in [1.54, 1.807) is 14.0 Å². The van der Waals surface area contributed by atoms with E-state index in [-0.39, 0.29) is 69.2 Å². The maximum absolute atomic E-state index is 16.9. The summed E-state index contributed by atoms with van der Waals surface area (Å²) in [6.07, 6.45) is 12.8. The van der Waals surface area contributed by atoms with Gasteiger partial charge in [-0.2, -0.15) is 9.97 Å². The van der Waals surface area contributed by atoms with Crippen molar-refractivity contribution in [2.45, 2.75) is 69.3 Å². The number of ether oxygens (including phenoxy) is 2. The first kappa shape index (κ1) is 30.7. The molecule has 4 aliphatic rings. The first-order chi connectivity index (χ1) is 23.2. The fourth-order valence-electron chi connectivity index (χ4n) is 8.75. The molecule has 10 nitrogen and oxygen atoms in total. The zero-order chi connectivity index (χ0) is 33.3. The molecule has 2 aromatic carbocycles. The van der Waals surface area contributed by atoms with Gasteiger partial charge >= 0.3 is 6.01 Å². The second-order valence-corrected chi connectivity index (χ2v) is 13.4. The predicted molar refractivity (Wildman–Crippen MR) is 176 cm³/mol. The van der Waals surface area contributed by atoms with Crippen molar-refractivity contribution in [2.75, 3.05) is 38.3 Å². The largest absolute Gasteiger partial charge is 0.508 e. The molecule has 4 atom stereocenters. The maximum atomic E-state index is 16.9. The van der Waals surface area contributed by atoms with Gasteiger partial charge < -0.3 is 24.4 Å². The SMILES string of the molecule is C#Cc1c(F)ccc2cc(O)cc(-c3ncc4c(N5CC6CCC(C5)N6C(C)=O)nc(OCC56CCCN5C(OC)CC6)nc4c3F)c12. The monoisotopic (exact) mass is 654 g/mol. The smallest absolute Gasteiger partial charge is 0.319 e. The number of aromatic nitrogens is 3. The summed E-state index contributed by atoms with van der Waals surface area (Å²) in [4.78, 5) is 32.8. The Morgan fingerprint density at radius 2 is 1.94 bits per heavy atom. The number of amides is 1. The number of phenolic OH excluding ortho intramolecular Hbond substituents is 1. The molecular weight excluding hydrogens is 618 g/mol. The van der Waals surface area contributed by atoms with Gasteiger partial charge in [-0.25, -0.2) is 8.78 Å². The molecule has 0 radical (unpaired) electrons. The summed E-state index contributed by atoms with van der Waals surface area (Å²) in [5.74, 6) is 1.35. The van der Waals surface area contributed by atoms with Crippen molar-refractivity contribution in [3.8, 4) is 35.4 Å². The van der Waals surface area contributed by atoms with Crippen molar-refractivity contribution in [3.05, 3.63) is 47.7 Å². The lowest BCUT2D eigenvalue weighted by Gasteiger charge is -2.41. The van der Waals surface area contributed by atoms with E-state index in [1.165, 1.54) is 30.5 Å². The summed E-state index contributed by atoms with van der Waals surface area (Å²) in [6, 6.07) is 5.54. The van der Waals surface area contributed by atoms with Crippen molar-refractivity contribution in [1.29, 1.82) is 0 Å². The molecule has 8 rings (SSSR count). The van der Waals surface area contributed by atoms with Crippen LogP contribution in [0.3, 0.4) is 0 Å². The Morgan fingerprint density at radius 3 is 2.67 bits per heavy atom. The van der Waals surface area contributed by atoms with Crippen LogP contribution in [0.4, 0.5) is 14.6 Å². The number of benzene rings is 2. The molecule has 248 valence electrons. The number of carbonyl (C=O) groups is 1. The van der Waals surface area contributed by atoms with Crippen molar-refractivity contribution in [2.24, 2.45) is 0 Å². The Labute approximate surface area is 276 Å². The fourth-order valence-corrected chi connectivity index (χ4v) is 8.75. The number of methoxy groups -OCH3 is 1. The van der Waals surface area contributed by atoms with Crippen LogP contribution in [0.15, 0.2) is 30.5 Å². The molecule has 1 amide bonds. The topological polar surface area (TPSA) is 104 Å². The van der Waals surface area contributed by atoms with E-state index in [0.29, 0.717) is 36.3 Å². The third-order valence-corrected chi connectivity index (χ3v) is 10.8. The molecule has 4 saturated heterocycles. The maximum Gasteiger partial charge on any atom is 0.319 e. The lowest BCUT2D eigenvalue weighted by Crippen LogP contribution is -2.55. The Bertz CT molecular complexity index is 2000. The lowest BCUT2D eigenvalue weighted by molar-refractivity contribution is -0.132. The highest BCUT2D eigenvalue weighted by atomic mass is 19.1. The summed E-state index contributed by atoms with van der Waals surface area (Å²) < 4.78 is 43.9. The standard InChI is InChI=1S/C36H36F2N6O4/c1-4-25-28(37)9-6-21-14-24(46)15-26(30(21)25)32-31(38)33-27(16-39-32)34(42-17-22-7-8-23(18-42)44(22)20(2)45)41-35(40-33)48-19-36-11-5-13-43(36)29(47-3)10-12-36/h1,6,9,14-16,22-23,29,46H,5,7-8,10-13,17-19H2,2-3H3. The van der Waals surface area contributed by atoms with Gasteiger partial charge in [0.1, 0.15) is 41.4 Å². The first-order valence-electron chi connectivity index (χ1n) is 16.5. The van der Waals surface area contributed by atoms with Crippen molar-refractivity contribution < 1.29 is 28.2 Å².